The van der Waals surface area contributed by atoms with Gasteiger partial charge in [-0.2, -0.15) is 0 Å². The van der Waals surface area contributed by atoms with Gasteiger partial charge in [0.1, 0.15) is 5.75 Å². The number of rotatable bonds is 3. The molecule has 1 fully saturated rings. The summed E-state index contributed by atoms with van der Waals surface area (Å²) in [5.74, 6) is 0.598. The maximum atomic E-state index is 11.5. The fraction of sp³-hybridized carbons (Fsp3) is 0.438. The first-order chi connectivity index (χ1) is 10.3. The summed E-state index contributed by atoms with van der Waals surface area (Å²) in [7, 11) is 1.57. The van der Waals surface area contributed by atoms with Crippen LogP contribution in [0.1, 0.15) is 31.7 Å². The third-order valence-corrected chi connectivity index (χ3v) is 4.65. The zero-order valence-electron chi connectivity index (χ0n) is 12.8. The van der Waals surface area contributed by atoms with Crippen LogP contribution in [-0.4, -0.2) is 35.8 Å². The van der Waals surface area contributed by atoms with Crippen LogP contribution in [0.3, 0.4) is 0 Å². The maximum absolute atomic E-state index is 11.5. The summed E-state index contributed by atoms with van der Waals surface area (Å²) in [6.45, 7) is 4.29. The van der Waals surface area contributed by atoms with Crippen LogP contribution in [0.4, 0.5) is 4.79 Å². The number of hydrogen-bond donors (Lipinski definition) is 1. The molecule has 0 aromatic heterocycles. The van der Waals surface area contributed by atoms with Gasteiger partial charge in [-0.05, 0) is 32.4 Å². The molecule has 4 nitrogen and oxygen atoms in total. The lowest BCUT2D eigenvalue weighted by molar-refractivity contribution is 0.146. The van der Waals surface area contributed by atoms with Crippen molar-refractivity contribution in [1.82, 2.24) is 4.90 Å². The van der Waals surface area contributed by atoms with Gasteiger partial charge < -0.3 is 14.7 Å². The second kappa shape index (κ2) is 6.80. The van der Waals surface area contributed by atoms with Gasteiger partial charge in [-0.1, -0.05) is 34.9 Å². The minimum Gasteiger partial charge on any atom is -0.496 e. The summed E-state index contributed by atoms with van der Waals surface area (Å²) in [5.41, 5.74) is 1.87. The van der Waals surface area contributed by atoms with Crippen LogP contribution in [0.5, 0.6) is 5.75 Å². The fourth-order valence-electron chi connectivity index (χ4n) is 2.94. The lowest BCUT2D eigenvalue weighted by Crippen LogP contribution is -2.33. The predicted octanol–water partition coefficient (Wildman–Crippen LogP) is 4.80. The zero-order chi connectivity index (χ0) is 16.4. The molecule has 1 aromatic rings. The number of methoxy groups -OCH3 is 1. The summed E-state index contributed by atoms with van der Waals surface area (Å²) < 4.78 is 5.38. The molecule has 6 heteroatoms. The highest BCUT2D eigenvalue weighted by atomic mass is 35.5. The summed E-state index contributed by atoms with van der Waals surface area (Å²) in [5, 5.41) is 10.3. The fourth-order valence-corrected chi connectivity index (χ4v) is 3.42. The van der Waals surface area contributed by atoms with Crippen LogP contribution in [0, 0.1) is 0 Å². The lowest BCUT2D eigenvalue weighted by atomic mass is 9.94. The van der Waals surface area contributed by atoms with Crippen LogP contribution in [0.15, 0.2) is 23.8 Å². The predicted molar refractivity (Wildman–Crippen MR) is 88.3 cm³/mol. The van der Waals surface area contributed by atoms with Gasteiger partial charge in [-0.15, -0.1) is 0 Å². The molecule has 0 bridgehead atoms. The molecule has 22 heavy (non-hydrogen) atoms. The molecule has 1 aliphatic heterocycles. The van der Waals surface area contributed by atoms with E-state index in [2.05, 4.69) is 0 Å². The van der Waals surface area contributed by atoms with Crippen molar-refractivity contribution in [3.05, 3.63) is 39.4 Å². The molecule has 1 N–H and O–H groups in total. The maximum Gasteiger partial charge on any atom is 0.407 e. The molecule has 2 atom stereocenters. The van der Waals surface area contributed by atoms with E-state index in [-0.39, 0.29) is 12.0 Å². The number of hydrogen-bond acceptors (Lipinski definition) is 2. The number of allylic oxidation sites excluding steroid dienone is 1. The van der Waals surface area contributed by atoms with Crippen LogP contribution < -0.4 is 4.74 Å². The SMILES string of the molecule is COc1ccc(Cl)c(Cl)c1[C@H]1C[C@@H](C=C(C)C)N(C(=O)O)C1. The Bertz CT molecular complexity index is 612. The molecule has 120 valence electrons. The molecule has 0 unspecified atom stereocenters. The van der Waals surface area contributed by atoms with E-state index in [0.29, 0.717) is 28.8 Å². The van der Waals surface area contributed by atoms with E-state index < -0.39 is 6.09 Å². The number of likely N-dealkylation sites (tertiary alicyclic amines) is 1. The van der Waals surface area contributed by atoms with Crippen molar-refractivity contribution < 1.29 is 14.6 Å². The van der Waals surface area contributed by atoms with Crippen LogP contribution in [0.2, 0.25) is 10.0 Å². The molecule has 0 saturated carbocycles. The Labute approximate surface area is 140 Å². The number of carboxylic acid groups (broad SMARTS) is 1. The first kappa shape index (κ1) is 17.0. The Balaban J connectivity index is 2.41. The van der Waals surface area contributed by atoms with Crippen molar-refractivity contribution in [2.24, 2.45) is 0 Å². The molecule has 0 radical (unpaired) electrons. The molecule has 2 rings (SSSR count). The van der Waals surface area contributed by atoms with E-state index in [1.165, 1.54) is 4.90 Å². The van der Waals surface area contributed by atoms with Gasteiger partial charge in [0.15, 0.2) is 0 Å². The average Bonchev–Trinajstić information content (AvgIpc) is 2.84. The minimum absolute atomic E-state index is 0.0437. The number of ether oxygens (including phenoxy) is 1. The van der Waals surface area contributed by atoms with Crippen LogP contribution >= 0.6 is 23.2 Å². The van der Waals surface area contributed by atoms with E-state index in [4.69, 9.17) is 27.9 Å². The topological polar surface area (TPSA) is 49.8 Å². The monoisotopic (exact) mass is 343 g/mol. The third-order valence-electron chi connectivity index (χ3n) is 3.84. The largest absolute Gasteiger partial charge is 0.496 e. The highest BCUT2D eigenvalue weighted by molar-refractivity contribution is 6.42. The van der Waals surface area contributed by atoms with Gasteiger partial charge in [0.2, 0.25) is 0 Å². The van der Waals surface area contributed by atoms with Crippen molar-refractivity contribution >= 4 is 29.3 Å². The second-order valence-electron chi connectivity index (χ2n) is 5.66. The Hall–Kier alpha value is -1.39. The Morgan fingerprint density at radius 1 is 1.41 bits per heavy atom. The molecule has 1 aliphatic rings. The highest BCUT2D eigenvalue weighted by Gasteiger charge is 2.37. The zero-order valence-corrected chi connectivity index (χ0v) is 14.3. The van der Waals surface area contributed by atoms with Crippen molar-refractivity contribution in [2.75, 3.05) is 13.7 Å². The number of amides is 1. The minimum atomic E-state index is -0.929. The smallest absolute Gasteiger partial charge is 0.407 e. The van der Waals surface area contributed by atoms with Gasteiger partial charge in [-0.25, -0.2) is 4.79 Å². The Morgan fingerprint density at radius 2 is 2.09 bits per heavy atom. The molecule has 1 amide bonds. The molecule has 0 spiro atoms. The standard InChI is InChI=1S/C16H19Cl2NO3/c1-9(2)6-11-7-10(8-19(11)16(20)21)14-13(22-3)5-4-12(17)15(14)18/h4-6,10-11H,7-8H2,1-3H3,(H,20,21)/t10-,11+/m0/s1. The molecular weight excluding hydrogens is 325 g/mol. The highest BCUT2D eigenvalue weighted by Crippen LogP contribution is 2.43. The van der Waals surface area contributed by atoms with Gasteiger partial charge in [0, 0.05) is 18.0 Å². The van der Waals surface area contributed by atoms with Gasteiger partial charge in [-0.3, -0.25) is 0 Å². The van der Waals surface area contributed by atoms with Gasteiger partial charge in [0.05, 0.1) is 23.2 Å². The summed E-state index contributed by atoms with van der Waals surface area (Å²) in [4.78, 5) is 12.9. The lowest BCUT2D eigenvalue weighted by Gasteiger charge is -2.19. The molecule has 1 heterocycles. The third kappa shape index (κ3) is 3.33. The number of benzene rings is 1. The van der Waals surface area contributed by atoms with Gasteiger partial charge in [0.25, 0.3) is 0 Å². The molecular formula is C16H19Cl2NO3. The number of nitrogens with zero attached hydrogens (tertiary/aromatic N) is 1. The number of carbonyl (C=O) groups is 1. The van der Waals surface area contributed by atoms with E-state index >= 15 is 0 Å². The van der Waals surface area contributed by atoms with E-state index in [1.807, 2.05) is 19.9 Å². The first-order valence-electron chi connectivity index (χ1n) is 7.01. The van der Waals surface area contributed by atoms with Crippen molar-refractivity contribution in [1.29, 1.82) is 0 Å². The normalized spacial score (nSPS) is 20.9. The first-order valence-corrected chi connectivity index (χ1v) is 7.77. The Kier molecular flexibility index (Phi) is 5.24. The van der Waals surface area contributed by atoms with E-state index in [0.717, 1.165) is 11.1 Å². The summed E-state index contributed by atoms with van der Waals surface area (Å²) in [6.07, 6.45) is 1.70. The van der Waals surface area contributed by atoms with Crippen molar-refractivity contribution in [2.45, 2.75) is 32.2 Å². The van der Waals surface area contributed by atoms with Crippen molar-refractivity contribution in [3.63, 3.8) is 0 Å². The second-order valence-corrected chi connectivity index (χ2v) is 6.44. The summed E-state index contributed by atoms with van der Waals surface area (Å²) in [6, 6.07) is 3.29. The van der Waals surface area contributed by atoms with E-state index in [1.54, 1.807) is 19.2 Å². The van der Waals surface area contributed by atoms with Crippen LogP contribution in [0.25, 0.3) is 0 Å². The van der Waals surface area contributed by atoms with Gasteiger partial charge >= 0.3 is 6.09 Å². The Morgan fingerprint density at radius 3 is 2.64 bits per heavy atom. The quantitative estimate of drug-likeness (QED) is 0.801. The van der Waals surface area contributed by atoms with E-state index in [9.17, 15) is 9.90 Å². The van der Waals surface area contributed by atoms with Crippen molar-refractivity contribution in [3.8, 4) is 5.75 Å². The molecule has 0 aliphatic carbocycles. The molecule has 1 aromatic carbocycles. The molecule has 1 saturated heterocycles. The average molecular weight is 344 g/mol. The summed E-state index contributed by atoms with van der Waals surface area (Å²) >= 11 is 12.5. The van der Waals surface area contributed by atoms with Crippen LogP contribution in [-0.2, 0) is 0 Å². The number of halogens is 2.